The van der Waals surface area contributed by atoms with E-state index < -0.39 is 20.9 Å². The Morgan fingerprint density at radius 2 is 1.76 bits per heavy atom. The summed E-state index contributed by atoms with van der Waals surface area (Å²) in [5.74, 6) is 0.138. The summed E-state index contributed by atoms with van der Waals surface area (Å²) in [5, 5.41) is 2.43. The smallest absolute Gasteiger partial charge is 0.276 e. The van der Waals surface area contributed by atoms with Gasteiger partial charge in [0.05, 0.1) is 24.7 Å². The molecule has 4 rings (SSSR count). The van der Waals surface area contributed by atoms with Crippen LogP contribution in [-0.4, -0.2) is 30.5 Å². The zero-order chi connectivity index (χ0) is 27.5. The third-order valence-corrected chi connectivity index (χ3v) is 6.89. The number of benzene rings is 2. The molecule has 0 aliphatic heterocycles. The molecule has 0 radical (unpaired) electrons. The molecule has 198 valence electrons. The van der Waals surface area contributed by atoms with Crippen molar-refractivity contribution in [1.29, 1.82) is 0 Å². The average Bonchev–Trinajstić information content (AvgIpc) is 3.36. The maximum atomic E-state index is 13.5. The number of aromatic nitrogens is 2. The van der Waals surface area contributed by atoms with Gasteiger partial charge in [0.15, 0.2) is 5.69 Å². The molecule has 0 fully saturated rings. The molecule has 2 heterocycles. The van der Waals surface area contributed by atoms with E-state index in [1.807, 2.05) is 48.2 Å². The topological polar surface area (TPSA) is 105 Å². The van der Waals surface area contributed by atoms with Crippen LogP contribution in [0.15, 0.2) is 82.7 Å². The zero-order valence-electron chi connectivity index (χ0n) is 22.2. The molecule has 0 atom stereocenters. The molecule has 0 saturated carbocycles. The average molecular weight is 533 g/mol. The Morgan fingerprint density at radius 3 is 2.37 bits per heavy atom. The van der Waals surface area contributed by atoms with Crippen LogP contribution in [0.3, 0.4) is 0 Å². The second-order valence-corrected chi connectivity index (χ2v) is 12.3. The van der Waals surface area contributed by atoms with Gasteiger partial charge in [0, 0.05) is 18.5 Å². The minimum atomic E-state index is -3.75. The Labute approximate surface area is 223 Å². The number of carbonyl (C=O) groups excluding carboxylic acids is 1. The highest BCUT2D eigenvalue weighted by Crippen LogP contribution is 2.27. The number of furan rings is 1. The number of hydrogen-bond donors (Lipinski definition) is 1. The number of carbonyl (C=O) groups is 1. The van der Waals surface area contributed by atoms with Gasteiger partial charge in [0.1, 0.15) is 5.76 Å². The van der Waals surface area contributed by atoms with Gasteiger partial charge in [-0.3, -0.25) is 4.79 Å². The molecule has 0 aliphatic carbocycles. The number of nitrogens with one attached hydrogen (secondary N) is 1. The van der Waals surface area contributed by atoms with Crippen LogP contribution in [-0.2, 0) is 28.3 Å². The van der Waals surface area contributed by atoms with E-state index in [4.69, 9.17) is 4.42 Å². The first-order valence-electron chi connectivity index (χ1n) is 12.2. The first-order valence-corrected chi connectivity index (χ1v) is 14.1. The molecule has 0 unspecified atom stereocenters. The SMILES string of the molecule is Cc1cccc(NC(=O)c2nc(S(C)(=O)=O)ncc2N(Cc2ccc(C(C)(C)C)cc2)Cc2ccco2)c1. The van der Waals surface area contributed by atoms with Crippen LogP contribution in [0.2, 0.25) is 0 Å². The number of rotatable bonds is 8. The summed E-state index contributed by atoms with van der Waals surface area (Å²) >= 11 is 0. The van der Waals surface area contributed by atoms with Gasteiger partial charge < -0.3 is 14.6 Å². The van der Waals surface area contributed by atoms with Crippen LogP contribution in [0.4, 0.5) is 11.4 Å². The van der Waals surface area contributed by atoms with Crippen molar-refractivity contribution in [2.45, 2.75) is 51.4 Å². The third-order valence-electron chi connectivity index (χ3n) is 6.03. The maximum Gasteiger partial charge on any atom is 0.276 e. The summed E-state index contributed by atoms with van der Waals surface area (Å²) in [4.78, 5) is 23.7. The van der Waals surface area contributed by atoms with E-state index in [0.29, 0.717) is 30.2 Å². The van der Waals surface area contributed by atoms with Crippen LogP contribution >= 0.6 is 0 Å². The van der Waals surface area contributed by atoms with Crippen molar-refractivity contribution in [2.24, 2.45) is 0 Å². The molecule has 1 amide bonds. The summed E-state index contributed by atoms with van der Waals surface area (Å²) in [5.41, 5.74) is 4.12. The van der Waals surface area contributed by atoms with Crippen molar-refractivity contribution in [3.63, 3.8) is 0 Å². The maximum absolute atomic E-state index is 13.5. The van der Waals surface area contributed by atoms with Crippen LogP contribution in [0.25, 0.3) is 0 Å². The van der Waals surface area contributed by atoms with Crippen molar-refractivity contribution in [3.05, 3.63) is 101 Å². The predicted molar refractivity (Wildman–Crippen MR) is 148 cm³/mol. The highest BCUT2D eigenvalue weighted by molar-refractivity contribution is 7.90. The number of anilines is 2. The first-order chi connectivity index (χ1) is 17.9. The van der Waals surface area contributed by atoms with Gasteiger partial charge in [0.2, 0.25) is 15.0 Å². The molecule has 2 aromatic heterocycles. The Kier molecular flexibility index (Phi) is 7.68. The van der Waals surface area contributed by atoms with Crippen LogP contribution in [0, 0.1) is 6.92 Å². The molecular weight excluding hydrogens is 500 g/mol. The Hall–Kier alpha value is -3.98. The van der Waals surface area contributed by atoms with Gasteiger partial charge in [-0.15, -0.1) is 0 Å². The number of nitrogens with zero attached hydrogens (tertiary/aromatic N) is 3. The molecule has 2 aromatic carbocycles. The molecule has 38 heavy (non-hydrogen) atoms. The lowest BCUT2D eigenvalue weighted by Crippen LogP contribution is -2.27. The number of hydrogen-bond acceptors (Lipinski definition) is 7. The first kappa shape index (κ1) is 27.1. The Bertz CT molecular complexity index is 1520. The minimum Gasteiger partial charge on any atom is -0.467 e. The second-order valence-electron chi connectivity index (χ2n) is 10.4. The Balaban J connectivity index is 1.76. The summed E-state index contributed by atoms with van der Waals surface area (Å²) in [7, 11) is -3.75. The van der Waals surface area contributed by atoms with E-state index in [1.165, 1.54) is 11.8 Å². The van der Waals surface area contributed by atoms with Gasteiger partial charge >= 0.3 is 0 Å². The summed E-state index contributed by atoms with van der Waals surface area (Å²) in [6.07, 6.45) is 3.99. The molecule has 8 nitrogen and oxygen atoms in total. The standard InChI is InChI=1S/C29H32N4O4S/c1-20-8-6-9-23(16-20)31-27(34)26-25(17-30-28(32-26)38(5,35)36)33(19-24-10-7-15-37-24)18-21-11-13-22(14-12-21)29(2,3)4/h6-17H,18-19H2,1-5H3,(H,31,34). The quantitative estimate of drug-likeness (QED) is 0.297. The molecule has 1 N–H and O–H groups in total. The minimum absolute atomic E-state index is 0.0166. The molecule has 0 spiro atoms. The summed E-state index contributed by atoms with van der Waals surface area (Å²) in [6.45, 7) is 9.13. The number of sulfone groups is 1. The molecule has 4 aromatic rings. The van der Waals surface area contributed by atoms with Crippen molar-refractivity contribution in [3.8, 4) is 0 Å². The van der Waals surface area contributed by atoms with Crippen molar-refractivity contribution < 1.29 is 17.6 Å². The molecule has 0 aliphatic rings. The van der Waals surface area contributed by atoms with Gasteiger partial charge in [-0.25, -0.2) is 18.4 Å². The highest BCUT2D eigenvalue weighted by Gasteiger charge is 2.24. The molecule has 0 bridgehead atoms. The monoisotopic (exact) mass is 532 g/mol. The second kappa shape index (κ2) is 10.8. The van der Waals surface area contributed by atoms with E-state index in [0.717, 1.165) is 17.4 Å². The van der Waals surface area contributed by atoms with E-state index >= 15 is 0 Å². The molecule has 9 heteroatoms. The van der Waals surface area contributed by atoms with E-state index in [1.54, 1.807) is 18.4 Å². The zero-order valence-corrected chi connectivity index (χ0v) is 23.0. The van der Waals surface area contributed by atoms with Crippen LogP contribution < -0.4 is 10.2 Å². The van der Waals surface area contributed by atoms with Crippen LogP contribution in [0.5, 0.6) is 0 Å². The molecule has 0 saturated heterocycles. The van der Waals surface area contributed by atoms with Crippen LogP contribution in [0.1, 0.15) is 53.7 Å². The normalized spacial score (nSPS) is 11.8. The van der Waals surface area contributed by atoms with Gasteiger partial charge in [0.25, 0.3) is 5.91 Å². The van der Waals surface area contributed by atoms with E-state index in [2.05, 4.69) is 48.2 Å². The fourth-order valence-electron chi connectivity index (χ4n) is 4.00. The fourth-order valence-corrected chi connectivity index (χ4v) is 4.50. The molecular formula is C29H32N4O4S. The lowest BCUT2D eigenvalue weighted by Gasteiger charge is -2.26. The van der Waals surface area contributed by atoms with Crippen molar-refractivity contribution in [2.75, 3.05) is 16.5 Å². The van der Waals surface area contributed by atoms with Crippen molar-refractivity contribution >= 4 is 27.1 Å². The van der Waals surface area contributed by atoms with E-state index in [-0.39, 0.29) is 11.1 Å². The predicted octanol–water partition coefficient (Wildman–Crippen LogP) is 5.54. The summed E-state index contributed by atoms with van der Waals surface area (Å²) < 4.78 is 30.1. The number of aryl methyl sites for hydroxylation is 1. The van der Waals surface area contributed by atoms with Gasteiger partial charge in [-0.1, -0.05) is 57.2 Å². The van der Waals surface area contributed by atoms with E-state index in [9.17, 15) is 13.2 Å². The third kappa shape index (κ3) is 6.66. The fraction of sp³-hybridized carbons (Fsp3) is 0.276. The van der Waals surface area contributed by atoms with Crippen molar-refractivity contribution in [1.82, 2.24) is 9.97 Å². The largest absolute Gasteiger partial charge is 0.467 e. The van der Waals surface area contributed by atoms with Gasteiger partial charge in [-0.2, -0.15) is 0 Å². The lowest BCUT2D eigenvalue weighted by atomic mass is 9.87. The number of amides is 1. The van der Waals surface area contributed by atoms with Gasteiger partial charge in [-0.05, 0) is 53.3 Å². The Morgan fingerprint density at radius 1 is 1.03 bits per heavy atom. The summed E-state index contributed by atoms with van der Waals surface area (Å²) in [6, 6.07) is 19.3. The highest BCUT2D eigenvalue weighted by atomic mass is 32.2. The lowest BCUT2D eigenvalue weighted by molar-refractivity contribution is 0.102.